The van der Waals surface area contributed by atoms with Crippen LogP contribution < -0.4 is 10.6 Å². The number of likely N-dealkylation sites (tertiary alicyclic amines) is 1. The van der Waals surface area contributed by atoms with Gasteiger partial charge in [0.2, 0.25) is 11.8 Å². The zero-order valence-electron chi connectivity index (χ0n) is 17.6. The van der Waals surface area contributed by atoms with Crippen LogP contribution in [0, 0.1) is 0 Å². The molecule has 1 unspecified atom stereocenters. The summed E-state index contributed by atoms with van der Waals surface area (Å²) in [7, 11) is 0. The fourth-order valence-corrected chi connectivity index (χ4v) is 4.19. The Morgan fingerprint density at radius 3 is 2.33 bits per heavy atom. The SMILES string of the molecule is O=C(NCc1ccc(Cl)cc1Cl)C1CCC(=O)N1C(=O)Nc1ccc(-c2ccccc2)cc1. The van der Waals surface area contributed by atoms with Gasteiger partial charge in [-0.15, -0.1) is 0 Å². The van der Waals surface area contributed by atoms with Gasteiger partial charge in [-0.2, -0.15) is 0 Å². The van der Waals surface area contributed by atoms with E-state index in [0.29, 0.717) is 21.3 Å². The van der Waals surface area contributed by atoms with Crippen LogP contribution in [0.1, 0.15) is 18.4 Å². The van der Waals surface area contributed by atoms with E-state index in [1.807, 2.05) is 42.5 Å². The van der Waals surface area contributed by atoms with Crippen LogP contribution in [0.5, 0.6) is 0 Å². The lowest BCUT2D eigenvalue weighted by Gasteiger charge is -2.23. The molecular formula is C25H21Cl2N3O3. The molecule has 0 radical (unpaired) electrons. The lowest BCUT2D eigenvalue weighted by atomic mass is 10.1. The van der Waals surface area contributed by atoms with Crippen molar-refractivity contribution >= 4 is 46.7 Å². The topological polar surface area (TPSA) is 78.5 Å². The van der Waals surface area contributed by atoms with Crippen LogP contribution >= 0.6 is 23.2 Å². The monoisotopic (exact) mass is 481 g/mol. The highest BCUT2D eigenvalue weighted by molar-refractivity contribution is 6.35. The first-order chi connectivity index (χ1) is 15.9. The van der Waals surface area contributed by atoms with Gasteiger partial charge in [-0.05, 0) is 47.4 Å². The Morgan fingerprint density at radius 1 is 0.939 bits per heavy atom. The summed E-state index contributed by atoms with van der Waals surface area (Å²) >= 11 is 12.1. The van der Waals surface area contributed by atoms with E-state index in [0.717, 1.165) is 16.0 Å². The lowest BCUT2D eigenvalue weighted by Crippen LogP contribution is -2.49. The van der Waals surface area contributed by atoms with Crippen LogP contribution in [-0.4, -0.2) is 28.8 Å². The predicted octanol–water partition coefficient (Wildman–Crippen LogP) is 5.50. The zero-order valence-corrected chi connectivity index (χ0v) is 19.1. The van der Waals surface area contributed by atoms with Gasteiger partial charge in [0.15, 0.2) is 0 Å². The molecule has 1 aliphatic heterocycles. The van der Waals surface area contributed by atoms with E-state index in [1.165, 1.54) is 0 Å². The van der Waals surface area contributed by atoms with Crippen molar-refractivity contribution in [3.8, 4) is 11.1 Å². The van der Waals surface area contributed by atoms with Crippen molar-refractivity contribution in [3.05, 3.63) is 88.4 Å². The zero-order chi connectivity index (χ0) is 23.4. The first kappa shape index (κ1) is 22.8. The number of urea groups is 1. The van der Waals surface area contributed by atoms with Crippen LogP contribution in [0.25, 0.3) is 11.1 Å². The summed E-state index contributed by atoms with van der Waals surface area (Å²) in [5.41, 5.74) is 3.28. The predicted molar refractivity (Wildman–Crippen MR) is 129 cm³/mol. The molecule has 0 spiro atoms. The summed E-state index contributed by atoms with van der Waals surface area (Å²) < 4.78 is 0. The van der Waals surface area contributed by atoms with Crippen molar-refractivity contribution < 1.29 is 14.4 Å². The Morgan fingerprint density at radius 2 is 1.64 bits per heavy atom. The second-order valence-electron chi connectivity index (χ2n) is 7.65. The molecule has 3 aromatic carbocycles. The maximum absolute atomic E-state index is 12.8. The molecule has 168 valence electrons. The molecule has 1 fully saturated rings. The summed E-state index contributed by atoms with van der Waals surface area (Å²) in [6.07, 6.45) is 0.388. The largest absolute Gasteiger partial charge is 0.350 e. The Kier molecular flexibility index (Phi) is 6.96. The lowest BCUT2D eigenvalue weighted by molar-refractivity contribution is -0.132. The van der Waals surface area contributed by atoms with Gasteiger partial charge >= 0.3 is 6.03 Å². The highest BCUT2D eigenvalue weighted by Crippen LogP contribution is 2.24. The molecule has 2 N–H and O–H groups in total. The fraction of sp³-hybridized carbons (Fsp3) is 0.160. The van der Waals surface area contributed by atoms with Crippen molar-refractivity contribution in [2.45, 2.75) is 25.4 Å². The van der Waals surface area contributed by atoms with Crippen LogP contribution in [0.2, 0.25) is 10.0 Å². The van der Waals surface area contributed by atoms with E-state index in [-0.39, 0.29) is 19.4 Å². The molecule has 1 heterocycles. The van der Waals surface area contributed by atoms with E-state index >= 15 is 0 Å². The Balaban J connectivity index is 1.40. The number of hydrogen-bond acceptors (Lipinski definition) is 3. The van der Waals surface area contributed by atoms with Crippen molar-refractivity contribution in [2.75, 3.05) is 5.32 Å². The van der Waals surface area contributed by atoms with Gasteiger partial charge in [-0.1, -0.05) is 71.7 Å². The molecule has 4 rings (SSSR count). The molecule has 0 aromatic heterocycles. The molecular weight excluding hydrogens is 461 g/mol. The van der Waals surface area contributed by atoms with E-state index in [1.54, 1.807) is 30.3 Å². The molecule has 1 saturated heterocycles. The summed E-state index contributed by atoms with van der Waals surface area (Å²) in [4.78, 5) is 39.0. The average Bonchev–Trinajstić information content (AvgIpc) is 3.21. The molecule has 3 aromatic rings. The number of nitrogens with zero attached hydrogens (tertiary/aromatic N) is 1. The number of rotatable bonds is 5. The van der Waals surface area contributed by atoms with Gasteiger partial charge in [0, 0.05) is 28.7 Å². The van der Waals surface area contributed by atoms with E-state index in [2.05, 4.69) is 10.6 Å². The van der Waals surface area contributed by atoms with Crippen LogP contribution in [0.3, 0.4) is 0 Å². The number of anilines is 1. The minimum absolute atomic E-state index is 0.125. The van der Waals surface area contributed by atoms with Gasteiger partial charge in [0.05, 0.1) is 0 Å². The van der Waals surface area contributed by atoms with Crippen LogP contribution in [-0.2, 0) is 16.1 Å². The molecule has 0 aliphatic carbocycles. The molecule has 4 amide bonds. The van der Waals surface area contributed by atoms with Crippen LogP contribution in [0.4, 0.5) is 10.5 Å². The Bertz CT molecular complexity index is 1180. The minimum Gasteiger partial charge on any atom is -0.350 e. The molecule has 0 saturated carbocycles. The summed E-state index contributed by atoms with van der Waals surface area (Å²) in [5, 5.41) is 6.40. The molecule has 0 bridgehead atoms. The molecule has 1 aliphatic rings. The average molecular weight is 482 g/mol. The number of halogens is 2. The van der Waals surface area contributed by atoms with Gasteiger partial charge < -0.3 is 10.6 Å². The number of benzene rings is 3. The van der Waals surface area contributed by atoms with Crippen molar-refractivity contribution in [1.29, 1.82) is 0 Å². The van der Waals surface area contributed by atoms with Crippen molar-refractivity contribution in [2.24, 2.45) is 0 Å². The van der Waals surface area contributed by atoms with Gasteiger partial charge in [0.25, 0.3) is 0 Å². The normalized spacial score (nSPS) is 15.4. The van der Waals surface area contributed by atoms with Crippen molar-refractivity contribution in [1.82, 2.24) is 10.2 Å². The highest BCUT2D eigenvalue weighted by Gasteiger charge is 2.40. The first-order valence-corrected chi connectivity index (χ1v) is 11.2. The summed E-state index contributed by atoms with van der Waals surface area (Å²) in [6.45, 7) is 0.163. The number of carbonyl (C=O) groups excluding carboxylic acids is 3. The second kappa shape index (κ2) is 10.1. The van der Waals surface area contributed by atoms with Gasteiger partial charge in [-0.25, -0.2) is 4.79 Å². The molecule has 33 heavy (non-hydrogen) atoms. The molecule has 1 atom stereocenters. The van der Waals surface area contributed by atoms with E-state index in [9.17, 15) is 14.4 Å². The number of carbonyl (C=O) groups is 3. The number of hydrogen-bond donors (Lipinski definition) is 2. The first-order valence-electron chi connectivity index (χ1n) is 10.4. The second-order valence-corrected chi connectivity index (χ2v) is 8.49. The number of nitrogens with one attached hydrogen (secondary N) is 2. The third-order valence-electron chi connectivity index (χ3n) is 5.44. The maximum Gasteiger partial charge on any atom is 0.329 e. The molecule has 6 nitrogen and oxygen atoms in total. The maximum atomic E-state index is 12.8. The summed E-state index contributed by atoms with van der Waals surface area (Å²) in [6, 6.07) is 20.6. The summed E-state index contributed by atoms with van der Waals surface area (Å²) in [5.74, 6) is -0.806. The van der Waals surface area contributed by atoms with Crippen LogP contribution in [0.15, 0.2) is 72.8 Å². The Hall–Kier alpha value is -3.35. The van der Waals surface area contributed by atoms with Crippen molar-refractivity contribution in [3.63, 3.8) is 0 Å². The Labute approximate surface area is 201 Å². The standard InChI is InChI=1S/C25H21Cl2N3O3/c26-19-9-6-18(21(27)14-19)15-28-24(32)22-12-13-23(31)30(22)25(33)29-20-10-7-17(8-11-20)16-4-2-1-3-5-16/h1-11,14,22H,12-13,15H2,(H,28,32)(H,29,33). The fourth-order valence-electron chi connectivity index (χ4n) is 3.71. The highest BCUT2D eigenvalue weighted by atomic mass is 35.5. The smallest absolute Gasteiger partial charge is 0.329 e. The number of imide groups is 1. The third-order valence-corrected chi connectivity index (χ3v) is 6.03. The van der Waals surface area contributed by atoms with E-state index in [4.69, 9.17) is 23.2 Å². The third kappa shape index (κ3) is 5.35. The van der Waals surface area contributed by atoms with Gasteiger partial charge in [-0.3, -0.25) is 14.5 Å². The van der Waals surface area contributed by atoms with E-state index < -0.39 is 23.9 Å². The number of amides is 4. The molecule has 8 heteroatoms. The van der Waals surface area contributed by atoms with Gasteiger partial charge in [0.1, 0.15) is 6.04 Å². The quantitative estimate of drug-likeness (QED) is 0.504. The minimum atomic E-state index is -0.882.